The number of ether oxygens (including phenoxy) is 1. The van der Waals surface area contributed by atoms with Crippen LogP contribution in [-0.4, -0.2) is 28.3 Å². The number of esters is 1. The number of aliphatic hydroxyl groups is 1. The Morgan fingerprint density at radius 2 is 2.00 bits per heavy atom. The van der Waals surface area contributed by atoms with Gasteiger partial charge in [-0.2, -0.15) is 0 Å². The highest BCUT2D eigenvalue weighted by molar-refractivity contribution is 5.85. The van der Waals surface area contributed by atoms with Crippen LogP contribution in [0.2, 0.25) is 0 Å². The van der Waals surface area contributed by atoms with E-state index in [0.717, 1.165) is 5.56 Å². The molecule has 0 saturated carbocycles. The SMILES string of the molecule is C=CCC(C)(C(=O)O)[C@H](O)C(=O)OCc1ccccc1. The van der Waals surface area contributed by atoms with Gasteiger partial charge in [0.25, 0.3) is 0 Å². The number of allylic oxidation sites excluding steroid dienone is 1. The van der Waals surface area contributed by atoms with Crippen LogP contribution < -0.4 is 0 Å². The van der Waals surface area contributed by atoms with Crippen LogP contribution in [0.3, 0.4) is 0 Å². The highest BCUT2D eigenvalue weighted by atomic mass is 16.5. The smallest absolute Gasteiger partial charge is 0.336 e. The third kappa shape index (κ3) is 3.68. The summed E-state index contributed by atoms with van der Waals surface area (Å²) in [7, 11) is 0. The molecule has 5 nitrogen and oxygen atoms in total. The molecule has 1 aromatic rings. The summed E-state index contributed by atoms with van der Waals surface area (Å²) >= 11 is 0. The lowest BCUT2D eigenvalue weighted by Gasteiger charge is -2.27. The Hall–Kier alpha value is -2.14. The van der Waals surface area contributed by atoms with Gasteiger partial charge in [0.2, 0.25) is 0 Å². The summed E-state index contributed by atoms with van der Waals surface area (Å²) in [6, 6.07) is 8.93. The molecule has 0 aliphatic heterocycles. The van der Waals surface area contributed by atoms with E-state index in [0.29, 0.717) is 0 Å². The number of carbonyl (C=O) groups is 2. The third-order valence-electron chi connectivity index (χ3n) is 3.11. The van der Waals surface area contributed by atoms with Crippen molar-refractivity contribution in [3.8, 4) is 0 Å². The van der Waals surface area contributed by atoms with E-state index in [-0.39, 0.29) is 13.0 Å². The molecule has 108 valence electrons. The summed E-state index contributed by atoms with van der Waals surface area (Å²) in [5, 5.41) is 19.1. The molecular weight excluding hydrogens is 260 g/mol. The first-order chi connectivity index (χ1) is 9.41. The van der Waals surface area contributed by atoms with E-state index < -0.39 is 23.5 Å². The molecule has 0 aromatic heterocycles. The van der Waals surface area contributed by atoms with Crippen LogP contribution in [0.1, 0.15) is 18.9 Å². The van der Waals surface area contributed by atoms with Gasteiger partial charge >= 0.3 is 11.9 Å². The van der Waals surface area contributed by atoms with Crippen LogP contribution in [0.5, 0.6) is 0 Å². The zero-order valence-corrected chi connectivity index (χ0v) is 11.3. The second-order valence-electron chi connectivity index (χ2n) is 4.71. The van der Waals surface area contributed by atoms with Gasteiger partial charge in [-0.05, 0) is 18.9 Å². The number of hydrogen-bond donors (Lipinski definition) is 2. The van der Waals surface area contributed by atoms with E-state index in [4.69, 9.17) is 9.84 Å². The minimum absolute atomic E-state index is 0.0134. The molecule has 0 bridgehead atoms. The molecule has 20 heavy (non-hydrogen) atoms. The Morgan fingerprint density at radius 1 is 1.40 bits per heavy atom. The molecule has 0 aliphatic carbocycles. The maximum absolute atomic E-state index is 11.8. The molecule has 1 unspecified atom stereocenters. The lowest BCUT2D eigenvalue weighted by atomic mass is 9.81. The number of benzene rings is 1. The van der Waals surface area contributed by atoms with Crippen molar-refractivity contribution >= 4 is 11.9 Å². The number of rotatable bonds is 7. The van der Waals surface area contributed by atoms with Crippen LogP contribution in [0.25, 0.3) is 0 Å². The van der Waals surface area contributed by atoms with Gasteiger partial charge in [0.05, 0.1) is 0 Å². The molecule has 0 heterocycles. The fourth-order valence-electron chi connectivity index (χ4n) is 1.68. The minimum atomic E-state index is -1.75. The topological polar surface area (TPSA) is 83.8 Å². The van der Waals surface area contributed by atoms with E-state index in [1.165, 1.54) is 13.0 Å². The first-order valence-corrected chi connectivity index (χ1v) is 6.14. The van der Waals surface area contributed by atoms with Crippen LogP contribution in [0.15, 0.2) is 43.0 Å². The van der Waals surface area contributed by atoms with Crippen molar-refractivity contribution in [1.29, 1.82) is 0 Å². The maximum Gasteiger partial charge on any atom is 0.336 e. The molecule has 1 aromatic carbocycles. The summed E-state index contributed by atoms with van der Waals surface area (Å²) in [5.41, 5.74) is -0.885. The number of carbonyl (C=O) groups excluding carboxylic acids is 1. The van der Waals surface area contributed by atoms with Gasteiger partial charge in [-0.25, -0.2) is 4.79 Å². The normalized spacial score (nSPS) is 14.9. The van der Waals surface area contributed by atoms with E-state index in [2.05, 4.69) is 6.58 Å². The van der Waals surface area contributed by atoms with Crippen molar-refractivity contribution in [2.24, 2.45) is 5.41 Å². The molecule has 0 aliphatic rings. The maximum atomic E-state index is 11.8. The van der Waals surface area contributed by atoms with Crippen LogP contribution in [0, 0.1) is 5.41 Å². The second kappa shape index (κ2) is 6.86. The highest BCUT2D eigenvalue weighted by Crippen LogP contribution is 2.28. The largest absolute Gasteiger partial charge is 0.481 e. The van der Waals surface area contributed by atoms with Crippen molar-refractivity contribution in [2.45, 2.75) is 26.1 Å². The quantitative estimate of drug-likeness (QED) is 0.586. The average Bonchev–Trinajstić information content (AvgIpc) is 2.45. The van der Waals surface area contributed by atoms with Crippen molar-refractivity contribution < 1.29 is 24.5 Å². The minimum Gasteiger partial charge on any atom is -0.481 e. The number of aliphatic carboxylic acids is 1. The Balaban J connectivity index is 2.70. The van der Waals surface area contributed by atoms with E-state index in [1.807, 2.05) is 6.07 Å². The van der Waals surface area contributed by atoms with Gasteiger partial charge in [-0.15, -0.1) is 6.58 Å². The first-order valence-electron chi connectivity index (χ1n) is 6.14. The Labute approximate surface area is 117 Å². The van der Waals surface area contributed by atoms with Crippen LogP contribution in [-0.2, 0) is 20.9 Å². The lowest BCUT2D eigenvalue weighted by Crippen LogP contribution is -2.45. The van der Waals surface area contributed by atoms with Gasteiger partial charge in [0.15, 0.2) is 6.10 Å². The molecule has 0 fully saturated rings. The molecule has 0 spiro atoms. The fraction of sp³-hybridized carbons (Fsp3) is 0.333. The molecule has 0 amide bonds. The summed E-state index contributed by atoms with van der Waals surface area (Å²) in [5.74, 6) is -2.23. The van der Waals surface area contributed by atoms with Crippen molar-refractivity contribution in [3.63, 3.8) is 0 Å². The summed E-state index contributed by atoms with van der Waals surface area (Å²) in [6.07, 6.45) is -0.437. The van der Waals surface area contributed by atoms with Crippen molar-refractivity contribution in [1.82, 2.24) is 0 Å². The average molecular weight is 278 g/mol. The zero-order valence-electron chi connectivity index (χ0n) is 11.3. The van der Waals surface area contributed by atoms with E-state index in [9.17, 15) is 14.7 Å². The number of aliphatic hydroxyl groups excluding tert-OH is 1. The molecule has 2 N–H and O–H groups in total. The molecular formula is C15H18O5. The van der Waals surface area contributed by atoms with Crippen molar-refractivity contribution in [2.75, 3.05) is 0 Å². The Morgan fingerprint density at radius 3 is 2.50 bits per heavy atom. The fourth-order valence-corrected chi connectivity index (χ4v) is 1.68. The molecule has 2 atom stereocenters. The molecule has 5 heteroatoms. The predicted octanol–water partition coefficient (Wildman–Crippen LogP) is 1.76. The number of carboxylic acids is 1. The van der Waals surface area contributed by atoms with Crippen molar-refractivity contribution in [3.05, 3.63) is 48.6 Å². The number of carboxylic acid groups (broad SMARTS) is 1. The molecule has 1 rings (SSSR count). The summed E-state index contributed by atoms with van der Waals surface area (Å²) in [4.78, 5) is 23.0. The van der Waals surface area contributed by atoms with Crippen LogP contribution >= 0.6 is 0 Å². The van der Waals surface area contributed by atoms with Gasteiger partial charge in [-0.1, -0.05) is 36.4 Å². The lowest BCUT2D eigenvalue weighted by molar-refractivity contribution is -0.173. The zero-order chi connectivity index (χ0) is 15.2. The van der Waals surface area contributed by atoms with Gasteiger partial charge in [0, 0.05) is 0 Å². The summed E-state index contributed by atoms with van der Waals surface area (Å²) in [6.45, 7) is 4.71. The monoisotopic (exact) mass is 278 g/mol. The standard InChI is InChI=1S/C15H18O5/c1-3-9-15(2,14(18)19)12(16)13(17)20-10-11-7-5-4-6-8-11/h3-8,12,16H,1,9-10H2,2H3,(H,18,19)/t12-,15?/m1/s1. The molecule has 0 radical (unpaired) electrons. The Kier molecular flexibility index (Phi) is 5.46. The summed E-state index contributed by atoms with van der Waals surface area (Å²) < 4.78 is 4.95. The van der Waals surface area contributed by atoms with Crippen LogP contribution in [0.4, 0.5) is 0 Å². The molecule has 0 saturated heterocycles. The highest BCUT2D eigenvalue weighted by Gasteiger charge is 2.44. The van der Waals surface area contributed by atoms with Gasteiger partial charge < -0.3 is 14.9 Å². The Bertz CT molecular complexity index is 482. The van der Waals surface area contributed by atoms with Gasteiger partial charge in [0.1, 0.15) is 12.0 Å². The predicted molar refractivity (Wildman–Crippen MR) is 72.8 cm³/mol. The number of hydrogen-bond acceptors (Lipinski definition) is 4. The first kappa shape index (κ1) is 15.9. The van der Waals surface area contributed by atoms with E-state index in [1.54, 1.807) is 24.3 Å². The third-order valence-corrected chi connectivity index (χ3v) is 3.11. The van der Waals surface area contributed by atoms with E-state index >= 15 is 0 Å². The van der Waals surface area contributed by atoms with Gasteiger partial charge in [-0.3, -0.25) is 4.79 Å². The second-order valence-corrected chi connectivity index (χ2v) is 4.71.